The first-order valence-electron chi connectivity index (χ1n) is 7.09. The van der Waals surface area contributed by atoms with Gasteiger partial charge >= 0.3 is 0 Å². The fourth-order valence-corrected chi connectivity index (χ4v) is 2.50. The fraction of sp³-hybridized carbons (Fsp3) is 0.294. The second kappa shape index (κ2) is 7.69. The van der Waals surface area contributed by atoms with Crippen LogP contribution in [0.5, 0.6) is 11.5 Å². The Kier molecular flexibility index (Phi) is 5.92. The van der Waals surface area contributed by atoms with Crippen LogP contribution in [0.2, 0.25) is 10.0 Å². The van der Waals surface area contributed by atoms with E-state index in [1.165, 1.54) is 0 Å². The van der Waals surface area contributed by atoms with Gasteiger partial charge in [-0.2, -0.15) is 0 Å². The highest BCUT2D eigenvalue weighted by Gasteiger charge is 2.07. The Morgan fingerprint density at radius 1 is 1.00 bits per heavy atom. The Balaban J connectivity index is 2.26. The van der Waals surface area contributed by atoms with E-state index in [1.54, 1.807) is 0 Å². The monoisotopic (exact) mass is 323 g/mol. The van der Waals surface area contributed by atoms with Crippen molar-refractivity contribution in [2.45, 2.75) is 26.8 Å². The molecule has 0 heterocycles. The summed E-state index contributed by atoms with van der Waals surface area (Å²) < 4.78 is 6.00. The van der Waals surface area contributed by atoms with Crippen LogP contribution in [0.4, 0.5) is 0 Å². The summed E-state index contributed by atoms with van der Waals surface area (Å²) in [4.78, 5) is 0. The van der Waals surface area contributed by atoms with E-state index in [2.05, 4.69) is 19.2 Å². The van der Waals surface area contributed by atoms with E-state index >= 15 is 0 Å². The van der Waals surface area contributed by atoms with E-state index in [0.29, 0.717) is 5.02 Å². The molecule has 0 aliphatic rings. The molecule has 0 amide bonds. The van der Waals surface area contributed by atoms with Crippen molar-refractivity contribution in [3.05, 3.63) is 57.6 Å². The molecule has 0 fully saturated rings. The molecule has 0 saturated heterocycles. The number of rotatable bonds is 6. The van der Waals surface area contributed by atoms with Crippen molar-refractivity contribution in [3.63, 3.8) is 0 Å². The van der Waals surface area contributed by atoms with Crippen LogP contribution in [-0.2, 0) is 13.0 Å². The van der Waals surface area contributed by atoms with Gasteiger partial charge in [0.1, 0.15) is 11.5 Å². The zero-order valence-electron chi connectivity index (χ0n) is 12.2. The smallest absolute Gasteiger partial charge is 0.132 e. The average Bonchev–Trinajstić information content (AvgIpc) is 2.49. The second-order valence-electron chi connectivity index (χ2n) is 4.74. The van der Waals surface area contributed by atoms with Crippen molar-refractivity contribution in [2.75, 3.05) is 6.54 Å². The van der Waals surface area contributed by atoms with Crippen LogP contribution < -0.4 is 10.1 Å². The largest absolute Gasteiger partial charge is 0.457 e. The van der Waals surface area contributed by atoms with E-state index in [0.717, 1.165) is 47.2 Å². The highest BCUT2D eigenvalue weighted by atomic mass is 35.5. The van der Waals surface area contributed by atoms with Crippen LogP contribution in [0.25, 0.3) is 0 Å². The summed E-state index contributed by atoms with van der Waals surface area (Å²) in [7, 11) is 0. The molecule has 0 unspecified atom stereocenters. The van der Waals surface area contributed by atoms with Gasteiger partial charge in [0.15, 0.2) is 0 Å². The first-order chi connectivity index (χ1) is 10.1. The van der Waals surface area contributed by atoms with Crippen molar-refractivity contribution in [1.29, 1.82) is 0 Å². The molecule has 2 aromatic carbocycles. The summed E-state index contributed by atoms with van der Waals surface area (Å²) in [6.07, 6.45) is 0.876. The molecule has 4 heteroatoms. The maximum Gasteiger partial charge on any atom is 0.132 e. The second-order valence-corrected chi connectivity index (χ2v) is 5.58. The summed E-state index contributed by atoms with van der Waals surface area (Å²) in [6.45, 7) is 5.76. The zero-order chi connectivity index (χ0) is 15.2. The number of ether oxygens (including phenoxy) is 1. The van der Waals surface area contributed by atoms with E-state index in [1.807, 2.05) is 36.4 Å². The van der Waals surface area contributed by atoms with Crippen molar-refractivity contribution in [1.82, 2.24) is 5.32 Å². The van der Waals surface area contributed by atoms with Crippen LogP contribution >= 0.6 is 23.2 Å². The lowest BCUT2D eigenvalue weighted by Gasteiger charge is -2.13. The molecule has 0 atom stereocenters. The first kappa shape index (κ1) is 16.2. The Morgan fingerprint density at radius 2 is 1.81 bits per heavy atom. The van der Waals surface area contributed by atoms with Gasteiger partial charge < -0.3 is 10.1 Å². The SMILES string of the molecule is CCNCc1cc(Cl)ccc1Oc1ccc(Cl)c(CC)c1. The molecule has 0 aliphatic carbocycles. The number of aryl methyl sites for hydroxylation is 1. The Bertz CT molecular complexity index is 614. The lowest BCUT2D eigenvalue weighted by Crippen LogP contribution is -2.12. The average molecular weight is 324 g/mol. The van der Waals surface area contributed by atoms with E-state index < -0.39 is 0 Å². The molecule has 2 rings (SSSR count). The van der Waals surface area contributed by atoms with E-state index in [4.69, 9.17) is 27.9 Å². The van der Waals surface area contributed by atoms with E-state index in [-0.39, 0.29) is 0 Å². The lowest BCUT2D eigenvalue weighted by molar-refractivity contribution is 0.472. The number of benzene rings is 2. The first-order valence-corrected chi connectivity index (χ1v) is 7.85. The third-order valence-electron chi connectivity index (χ3n) is 3.21. The normalized spacial score (nSPS) is 10.7. The standard InChI is InChI=1S/C17H19Cl2NO/c1-3-12-10-15(6-7-16(12)19)21-17-8-5-14(18)9-13(17)11-20-4-2/h5-10,20H,3-4,11H2,1-2H3. The van der Waals surface area contributed by atoms with Crippen molar-refractivity contribution in [2.24, 2.45) is 0 Å². The van der Waals surface area contributed by atoms with Crippen LogP contribution in [0.1, 0.15) is 25.0 Å². The minimum atomic E-state index is 0.709. The molecule has 0 aromatic heterocycles. The highest BCUT2D eigenvalue weighted by molar-refractivity contribution is 6.31. The molecule has 21 heavy (non-hydrogen) atoms. The molecule has 0 spiro atoms. The van der Waals surface area contributed by atoms with Crippen molar-refractivity contribution < 1.29 is 4.74 Å². The van der Waals surface area contributed by atoms with Crippen molar-refractivity contribution in [3.8, 4) is 11.5 Å². The molecule has 1 N–H and O–H groups in total. The molecule has 0 saturated carbocycles. The Labute approximate surface area is 136 Å². The quantitative estimate of drug-likeness (QED) is 0.762. The molecule has 2 nitrogen and oxygen atoms in total. The maximum absolute atomic E-state index is 6.14. The Morgan fingerprint density at radius 3 is 2.52 bits per heavy atom. The summed E-state index contributed by atoms with van der Waals surface area (Å²) in [5.41, 5.74) is 2.12. The van der Waals surface area contributed by atoms with Crippen molar-refractivity contribution >= 4 is 23.2 Å². The number of hydrogen-bond acceptors (Lipinski definition) is 2. The summed E-state index contributed by atoms with van der Waals surface area (Å²) in [6, 6.07) is 11.4. The lowest BCUT2D eigenvalue weighted by atomic mass is 10.1. The van der Waals surface area contributed by atoms with Gasteiger partial charge in [-0.25, -0.2) is 0 Å². The number of halogens is 2. The Hall–Kier alpha value is -1.22. The summed E-state index contributed by atoms with van der Waals surface area (Å²) in [5, 5.41) is 4.77. The third kappa shape index (κ3) is 4.37. The molecule has 2 aromatic rings. The molecular weight excluding hydrogens is 305 g/mol. The molecule has 0 aliphatic heterocycles. The van der Waals surface area contributed by atoms with Crippen LogP contribution in [0.3, 0.4) is 0 Å². The molecule has 112 valence electrons. The van der Waals surface area contributed by atoms with Gasteiger partial charge in [0.25, 0.3) is 0 Å². The van der Waals surface area contributed by atoms with Gasteiger partial charge in [0.05, 0.1) is 0 Å². The molecule has 0 bridgehead atoms. The van der Waals surface area contributed by atoms with Gasteiger partial charge in [-0.1, -0.05) is 37.0 Å². The van der Waals surface area contributed by atoms with Gasteiger partial charge in [0, 0.05) is 22.2 Å². The molecule has 0 radical (unpaired) electrons. The van der Waals surface area contributed by atoms with E-state index in [9.17, 15) is 0 Å². The van der Waals surface area contributed by atoms with Gasteiger partial charge in [-0.05, 0) is 54.9 Å². The van der Waals surface area contributed by atoms with Gasteiger partial charge in [0.2, 0.25) is 0 Å². The third-order valence-corrected chi connectivity index (χ3v) is 3.82. The van der Waals surface area contributed by atoms with Crippen LogP contribution in [0.15, 0.2) is 36.4 Å². The zero-order valence-corrected chi connectivity index (χ0v) is 13.8. The number of hydrogen-bond donors (Lipinski definition) is 1. The molecular formula is C17H19Cl2NO. The minimum Gasteiger partial charge on any atom is -0.457 e. The minimum absolute atomic E-state index is 0.709. The summed E-state index contributed by atoms with van der Waals surface area (Å²) in [5.74, 6) is 1.60. The fourth-order valence-electron chi connectivity index (χ4n) is 2.06. The number of nitrogens with one attached hydrogen (secondary N) is 1. The topological polar surface area (TPSA) is 21.3 Å². The van der Waals surface area contributed by atoms with Gasteiger partial charge in [-0.3, -0.25) is 0 Å². The predicted molar refractivity (Wildman–Crippen MR) is 89.7 cm³/mol. The highest BCUT2D eigenvalue weighted by Crippen LogP contribution is 2.30. The maximum atomic E-state index is 6.14. The van der Waals surface area contributed by atoms with Gasteiger partial charge in [-0.15, -0.1) is 0 Å². The van der Waals surface area contributed by atoms with Crippen LogP contribution in [0, 0.1) is 0 Å². The summed E-state index contributed by atoms with van der Waals surface area (Å²) >= 11 is 12.2. The van der Waals surface area contributed by atoms with Crippen LogP contribution in [-0.4, -0.2) is 6.54 Å². The predicted octanol–water partition coefficient (Wildman–Crippen LogP) is 5.46.